The van der Waals surface area contributed by atoms with Crippen molar-refractivity contribution < 1.29 is 18.3 Å². The Morgan fingerprint density at radius 2 is 2.08 bits per heavy atom. The van der Waals surface area contributed by atoms with Crippen LogP contribution in [0.15, 0.2) is 12.7 Å². The fourth-order valence-electron chi connectivity index (χ4n) is 0.559. The molecule has 72 valence electrons. The number of rotatable bonds is 5. The van der Waals surface area contributed by atoms with Gasteiger partial charge in [-0.1, -0.05) is 6.08 Å². The van der Waals surface area contributed by atoms with Gasteiger partial charge in [0.2, 0.25) is 0 Å². The molecule has 1 unspecified atom stereocenters. The molecule has 2 N–H and O–H groups in total. The summed E-state index contributed by atoms with van der Waals surface area (Å²) >= 11 is 0. The molecule has 0 aliphatic rings. The Morgan fingerprint density at radius 1 is 1.50 bits per heavy atom. The minimum absolute atomic E-state index is 0.399. The van der Waals surface area contributed by atoms with Gasteiger partial charge >= 0.3 is 6.18 Å². The highest BCUT2D eigenvalue weighted by Gasteiger charge is 2.37. The van der Waals surface area contributed by atoms with E-state index in [1.165, 1.54) is 0 Å². The third-order valence-electron chi connectivity index (χ3n) is 1.24. The quantitative estimate of drug-likeness (QED) is 0.493. The van der Waals surface area contributed by atoms with E-state index >= 15 is 0 Å². The van der Waals surface area contributed by atoms with Crippen LogP contribution in [0.25, 0.3) is 0 Å². The fraction of sp³-hybridized carbons (Fsp3) is 0.714. The number of alkyl halides is 3. The topological polar surface area (TPSA) is 32.3 Å². The molecule has 1 atom stereocenters. The minimum Gasteiger partial charge on any atom is -0.382 e. The molecule has 0 aliphatic heterocycles. The molecule has 0 aromatic rings. The Balaban J connectivity index is 3.44. The standard InChI is InChI=1S/C7H12F3NO/c1-2-3-4-11-5-6(12)7(8,9)10/h2,6,11-12H,1,3-5H2. The van der Waals surface area contributed by atoms with E-state index in [2.05, 4.69) is 11.9 Å². The molecule has 0 amide bonds. The summed E-state index contributed by atoms with van der Waals surface area (Å²) < 4.78 is 34.9. The number of aliphatic hydroxyl groups excluding tert-OH is 1. The largest absolute Gasteiger partial charge is 0.415 e. The number of aliphatic hydroxyl groups is 1. The second kappa shape index (κ2) is 5.16. The highest BCUT2D eigenvalue weighted by atomic mass is 19.4. The van der Waals surface area contributed by atoms with Gasteiger partial charge in [0.15, 0.2) is 6.10 Å². The highest BCUT2D eigenvalue weighted by Crippen LogP contribution is 2.18. The second-order valence-electron chi connectivity index (χ2n) is 2.34. The summed E-state index contributed by atoms with van der Waals surface area (Å²) in [5.74, 6) is 0. The maximum Gasteiger partial charge on any atom is 0.415 e. The molecule has 0 saturated carbocycles. The molecule has 0 aliphatic carbocycles. The zero-order valence-electron chi connectivity index (χ0n) is 6.56. The molecule has 0 rings (SSSR count). The van der Waals surface area contributed by atoms with Crippen LogP contribution in [0.3, 0.4) is 0 Å². The molecule has 0 bridgehead atoms. The Morgan fingerprint density at radius 3 is 2.50 bits per heavy atom. The predicted octanol–water partition coefficient (Wildman–Crippen LogP) is 1.08. The van der Waals surface area contributed by atoms with Crippen LogP contribution < -0.4 is 5.32 Å². The van der Waals surface area contributed by atoms with Crippen LogP contribution in [0, 0.1) is 0 Å². The van der Waals surface area contributed by atoms with E-state index in [4.69, 9.17) is 5.11 Å². The van der Waals surface area contributed by atoms with Crippen LogP contribution in [-0.4, -0.2) is 30.5 Å². The Hall–Kier alpha value is -0.550. The average Bonchev–Trinajstić information content (AvgIpc) is 1.96. The van der Waals surface area contributed by atoms with Gasteiger partial charge in [-0.3, -0.25) is 0 Å². The van der Waals surface area contributed by atoms with Gasteiger partial charge in [-0.15, -0.1) is 6.58 Å². The van der Waals surface area contributed by atoms with Gasteiger partial charge in [-0.2, -0.15) is 13.2 Å². The lowest BCUT2D eigenvalue weighted by Gasteiger charge is -2.14. The van der Waals surface area contributed by atoms with Crippen molar-refractivity contribution in [3.05, 3.63) is 12.7 Å². The number of hydrogen-bond donors (Lipinski definition) is 2. The van der Waals surface area contributed by atoms with E-state index in [-0.39, 0.29) is 0 Å². The van der Waals surface area contributed by atoms with E-state index in [0.29, 0.717) is 13.0 Å². The molecular formula is C7H12F3NO. The van der Waals surface area contributed by atoms with Crippen molar-refractivity contribution in [2.24, 2.45) is 0 Å². The van der Waals surface area contributed by atoms with Gasteiger partial charge in [-0.25, -0.2) is 0 Å². The molecule has 0 fully saturated rings. The molecule has 0 aromatic carbocycles. The summed E-state index contributed by atoms with van der Waals surface area (Å²) in [6, 6.07) is 0. The zero-order chi connectivity index (χ0) is 9.61. The first-order valence-electron chi connectivity index (χ1n) is 3.55. The van der Waals surface area contributed by atoms with E-state index in [1.807, 2.05) is 0 Å². The van der Waals surface area contributed by atoms with E-state index in [0.717, 1.165) is 0 Å². The van der Waals surface area contributed by atoms with Crippen LogP contribution in [0.4, 0.5) is 13.2 Å². The van der Waals surface area contributed by atoms with Crippen LogP contribution in [0.5, 0.6) is 0 Å². The Kier molecular flexibility index (Phi) is 4.92. The SMILES string of the molecule is C=CCCNCC(O)C(F)(F)F. The molecule has 0 radical (unpaired) electrons. The van der Waals surface area contributed by atoms with Crippen molar-refractivity contribution in [3.63, 3.8) is 0 Å². The first-order valence-corrected chi connectivity index (χ1v) is 3.55. The molecule has 0 saturated heterocycles. The van der Waals surface area contributed by atoms with E-state index in [1.54, 1.807) is 6.08 Å². The van der Waals surface area contributed by atoms with Crippen molar-refractivity contribution in [3.8, 4) is 0 Å². The van der Waals surface area contributed by atoms with Crippen LogP contribution >= 0.6 is 0 Å². The van der Waals surface area contributed by atoms with Crippen molar-refractivity contribution >= 4 is 0 Å². The first kappa shape index (κ1) is 11.4. The normalized spacial score (nSPS) is 14.3. The smallest absolute Gasteiger partial charge is 0.382 e. The summed E-state index contributed by atoms with van der Waals surface area (Å²) in [5, 5.41) is 10.9. The summed E-state index contributed by atoms with van der Waals surface area (Å²) in [5.41, 5.74) is 0. The highest BCUT2D eigenvalue weighted by molar-refractivity contribution is 4.71. The Bertz CT molecular complexity index is 135. The zero-order valence-corrected chi connectivity index (χ0v) is 6.56. The van der Waals surface area contributed by atoms with Crippen LogP contribution in [-0.2, 0) is 0 Å². The third kappa shape index (κ3) is 5.15. The summed E-state index contributed by atoms with van der Waals surface area (Å²) in [6.45, 7) is 3.34. The summed E-state index contributed by atoms with van der Waals surface area (Å²) in [7, 11) is 0. The summed E-state index contributed by atoms with van der Waals surface area (Å²) in [4.78, 5) is 0. The number of nitrogens with one attached hydrogen (secondary N) is 1. The monoisotopic (exact) mass is 183 g/mol. The average molecular weight is 183 g/mol. The van der Waals surface area contributed by atoms with Gasteiger partial charge in [0.25, 0.3) is 0 Å². The van der Waals surface area contributed by atoms with Crippen molar-refractivity contribution in [2.75, 3.05) is 13.1 Å². The van der Waals surface area contributed by atoms with E-state index in [9.17, 15) is 13.2 Å². The van der Waals surface area contributed by atoms with Crippen LogP contribution in [0.2, 0.25) is 0 Å². The van der Waals surface area contributed by atoms with Crippen molar-refractivity contribution in [1.29, 1.82) is 0 Å². The lowest BCUT2D eigenvalue weighted by Crippen LogP contribution is -2.38. The predicted molar refractivity (Wildman–Crippen MR) is 39.7 cm³/mol. The van der Waals surface area contributed by atoms with E-state index < -0.39 is 18.8 Å². The molecular weight excluding hydrogens is 171 g/mol. The van der Waals surface area contributed by atoms with Crippen LogP contribution in [0.1, 0.15) is 6.42 Å². The van der Waals surface area contributed by atoms with Crippen molar-refractivity contribution in [1.82, 2.24) is 5.32 Å². The molecule has 5 heteroatoms. The van der Waals surface area contributed by atoms with Gasteiger partial charge in [-0.05, 0) is 13.0 Å². The number of hydrogen-bond acceptors (Lipinski definition) is 2. The minimum atomic E-state index is -4.53. The summed E-state index contributed by atoms with van der Waals surface area (Å²) in [6.07, 6.45) is -4.62. The third-order valence-corrected chi connectivity index (χ3v) is 1.24. The lowest BCUT2D eigenvalue weighted by molar-refractivity contribution is -0.201. The van der Waals surface area contributed by atoms with Gasteiger partial charge in [0.1, 0.15) is 0 Å². The van der Waals surface area contributed by atoms with Gasteiger partial charge < -0.3 is 10.4 Å². The maximum absolute atomic E-state index is 11.6. The second-order valence-corrected chi connectivity index (χ2v) is 2.34. The van der Waals surface area contributed by atoms with Gasteiger partial charge in [0.05, 0.1) is 0 Å². The molecule has 0 aromatic heterocycles. The Labute approximate surface area is 69.1 Å². The van der Waals surface area contributed by atoms with Gasteiger partial charge in [0, 0.05) is 6.54 Å². The maximum atomic E-state index is 11.6. The molecule has 0 spiro atoms. The fourth-order valence-corrected chi connectivity index (χ4v) is 0.559. The molecule has 0 heterocycles. The van der Waals surface area contributed by atoms with Crippen molar-refractivity contribution in [2.45, 2.75) is 18.7 Å². The number of halogens is 3. The first-order chi connectivity index (χ1) is 5.48. The molecule has 2 nitrogen and oxygen atoms in total. The lowest BCUT2D eigenvalue weighted by atomic mass is 10.3. The molecule has 12 heavy (non-hydrogen) atoms.